The number of aromatic amines is 1. The predicted molar refractivity (Wildman–Crippen MR) is 133 cm³/mol. The van der Waals surface area contributed by atoms with Gasteiger partial charge in [0.2, 0.25) is 5.82 Å². The molecule has 4 N–H and O–H groups in total. The van der Waals surface area contributed by atoms with E-state index in [-0.39, 0.29) is 24.4 Å². The maximum Gasteiger partial charge on any atom is 0.316 e. The number of piperazine rings is 1. The van der Waals surface area contributed by atoms with Gasteiger partial charge in [-0.1, -0.05) is 5.16 Å². The van der Waals surface area contributed by atoms with E-state index in [1.165, 1.54) is 0 Å². The third-order valence-electron chi connectivity index (χ3n) is 8.93. The number of imidazole rings is 1. The molecule has 1 amide bonds. The number of pyridine rings is 1. The fourth-order valence-corrected chi connectivity index (χ4v) is 7.46. The smallest absolute Gasteiger partial charge is 0.316 e. The van der Waals surface area contributed by atoms with Gasteiger partial charge >= 0.3 is 11.8 Å². The van der Waals surface area contributed by atoms with E-state index in [9.17, 15) is 9.90 Å². The normalized spacial score (nSPS) is 31.4. The van der Waals surface area contributed by atoms with Crippen LogP contribution in [0.4, 0.5) is 5.69 Å². The molecule has 5 aliphatic rings. The Morgan fingerprint density at radius 2 is 1.95 bits per heavy atom. The van der Waals surface area contributed by atoms with Crippen molar-refractivity contribution in [1.29, 1.82) is 0 Å². The predicted octanol–water partition coefficient (Wildman–Crippen LogP) is 1.11. The van der Waals surface area contributed by atoms with Crippen molar-refractivity contribution in [1.82, 2.24) is 34.9 Å². The number of nitrogens with one attached hydrogen (secondary N) is 2. The summed E-state index contributed by atoms with van der Waals surface area (Å²) in [5, 5.41) is 28.1. The summed E-state index contributed by atoms with van der Waals surface area (Å²) in [7, 11) is 0. The molecule has 3 aromatic heterocycles. The van der Waals surface area contributed by atoms with E-state index >= 15 is 0 Å². The van der Waals surface area contributed by atoms with Gasteiger partial charge < -0.3 is 29.9 Å². The van der Waals surface area contributed by atoms with Crippen LogP contribution in [0.25, 0.3) is 22.6 Å². The van der Waals surface area contributed by atoms with Crippen molar-refractivity contribution in [3.63, 3.8) is 0 Å². The number of aliphatic hydroxyl groups is 2. The lowest BCUT2D eigenvalue weighted by molar-refractivity contribution is -0.129. The number of fused-ring (bicyclic) bond motifs is 1. The third-order valence-corrected chi connectivity index (χ3v) is 8.93. The lowest BCUT2D eigenvalue weighted by Gasteiger charge is -2.58. The highest BCUT2D eigenvalue weighted by atomic mass is 16.5. The summed E-state index contributed by atoms with van der Waals surface area (Å²) in [6, 6.07) is 0.223. The van der Waals surface area contributed by atoms with Crippen LogP contribution in [-0.2, 0) is 0 Å². The van der Waals surface area contributed by atoms with Gasteiger partial charge in [-0.3, -0.25) is 9.69 Å². The molecule has 1 aliphatic heterocycles. The zero-order valence-electron chi connectivity index (χ0n) is 20.6. The van der Waals surface area contributed by atoms with Crippen LogP contribution in [0.2, 0.25) is 0 Å². The summed E-state index contributed by atoms with van der Waals surface area (Å²) < 4.78 is 5.43. The average molecular weight is 509 g/mol. The number of nitrogens with zero attached hydrogens (tertiary/aromatic N) is 6. The van der Waals surface area contributed by atoms with Crippen molar-refractivity contribution in [2.75, 3.05) is 44.6 Å². The molecule has 196 valence electrons. The number of β-amino-alcohol motifs (C(OH)–C–C–N with tert-alkyl or cyclic N) is 1. The molecule has 3 aromatic rings. The second-order valence-electron chi connectivity index (χ2n) is 11.3. The summed E-state index contributed by atoms with van der Waals surface area (Å²) in [6.45, 7) is 3.19. The number of rotatable bonds is 6. The largest absolute Gasteiger partial charge is 0.395 e. The first-order valence-corrected chi connectivity index (χ1v) is 13.3. The first kappa shape index (κ1) is 23.1. The van der Waals surface area contributed by atoms with Crippen LogP contribution >= 0.6 is 0 Å². The molecule has 0 spiro atoms. The quantitative estimate of drug-likeness (QED) is 0.380. The summed E-state index contributed by atoms with van der Waals surface area (Å²) in [4.78, 5) is 33.5. The molecule has 8 rings (SSSR count). The Morgan fingerprint density at radius 3 is 2.68 bits per heavy atom. The number of aromatic nitrogens is 5. The second-order valence-corrected chi connectivity index (χ2v) is 11.3. The topological polar surface area (TPSA) is 157 Å². The van der Waals surface area contributed by atoms with Crippen molar-refractivity contribution in [3.05, 3.63) is 18.4 Å². The van der Waals surface area contributed by atoms with Gasteiger partial charge in [0.15, 0.2) is 5.65 Å². The maximum atomic E-state index is 13.1. The van der Waals surface area contributed by atoms with E-state index in [4.69, 9.17) is 9.63 Å². The molecular weight excluding hydrogens is 476 g/mol. The van der Waals surface area contributed by atoms with E-state index in [2.05, 4.69) is 35.3 Å². The van der Waals surface area contributed by atoms with Gasteiger partial charge in [-0.05, 0) is 49.9 Å². The van der Waals surface area contributed by atoms with Crippen LogP contribution in [0.1, 0.15) is 42.8 Å². The summed E-state index contributed by atoms with van der Waals surface area (Å²) in [5.41, 5.74) is 2.27. The Morgan fingerprint density at radius 1 is 1.16 bits per heavy atom. The van der Waals surface area contributed by atoms with Crippen LogP contribution < -0.4 is 5.32 Å². The highest BCUT2D eigenvalue weighted by Gasteiger charge is 2.55. The Kier molecular flexibility index (Phi) is 5.45. The minimum atomic E-state index is -0.510. The third kappa shape index (κ3) is 3.98. The van der Waals surface area contributed by atoms with E-state index in [1.807, 2.05) is 0 Å². The molecular formula is C25H32N8O4. The van der Waals surface area contributed by atoms with Crippen LogP contribution in [0.5, 0.6) is 0 Å². The summed E-state index contributed by atoms with van der Waals surface area (Å²) >= 11 is 0. The highest BCUT2D eigenvalue weighted by Crippen LogP contribution is 2.56. The second kappa shape index (κ2) is 8.74. The molecule has 4 heterocycles. The number of hydrogen-bond donors (Lipinski definition) is 4. The fraction of sp³-hybridized carbons (Fsp3) is 0.640. The molecule has 5 fully saturated rings. The van der Waals surface area contributed by atoms with E-state index in [0.717, 1.165) is 37.8 Å². The number of carbonyl (C=O) groups is 1. The SMILES string of the molecule is O=C(c1nc(-c2cnc3[nH]cnc3c2N[C@H]2[C@@H]3CC4C[C@H]2C[C@@](O)(C4)C3)no1)N1CCN(CCO)CC1. The highest BCUT2D eigenvalue weighted by molar-refractivity contribution is 5.95. The molecule has 37 heavy (non-hydrogen) atoms. The molecule has 4 bridgehead atoms. The van der Waals surface area contributed by atoms with Crippen LogP contribution in [0.3, 0.4) is 0 Å². The van der Waals surface area contributed by atoms with Crippen molar-refractivity contribution >= 4 is 22.8 Å². The molecule has 12 nitrogen and oxygen atoms in total. The Bertz CT molecular complexity index is 1300. The first-order chi connectivity index (χ1) is 18.0. The molecule has 4 saturated carbocycles. The summed E-state index contributed by atoms with van der Waals surface area (Å²) in [6.07, 6.45) is 8.17. The lowest BCUT2D eigenvalue weighted by atomic mass is 9.52. The number of amides is 1. The van der Waals surface area contributed by atoms with Gasteiger partial charge in [-0.25, -0.2) is 9.97 Å². The van der Waals surface area contributed by atoms with Gasteiger partial charge in [-0.2, -0.15) is 4.98 Å². The standard InChI is InChI=1S/C25H32N8O4/c34-6-5-32-1-3-33(4-2-32)24(35)23-30-21(31-37-23)17-12-26-22-20(27-13-28-22)19(17)29-18-15-7-14-8-16(18)11-25(36,9-14)10-15/h12-16,18,34,36H,1-11H2,(H2,26,27,28,29)/t14?,15-,16+,18+,25-. The molecule has 4 aliphatic carbocycles. The van der Waals surface area contributed by atoms with Gasteiger partial charge in [0.05, 0.1) is 29.8 Å². The van der Waals surface area contributed by atoms with E-state index < -0.39 is 5.60 Å². The number of hydrogen-bond acceptors (Lipinski definition) is 10. The lowest BCUT2D eigenvalue weighted by Crippen LogP contribution is -2.59. The maximum absolute atomic E-state index is 13.1. The van der Waals surface area contributed by atoms with Gasteiger partial charge in [0, 0.05) is 45.0 Å². The number of aliphatic hydroxyl groups excluding tert-OH is 1. The fourth-order valence-electron chi connectivity index (χ4n) is 7.46. The van der Waals surface area contributed by atoms with Gasteiger partial charge in [0.1, 0.15) is 5.52 Å². The van der Waals surface area contributed by atoms with Crippen LogP contribution in [0, 0.1) is 17.8 Å². The Balaban J connectivity index is 1.16. The van der Waals surface area contributed by atoms with E-state index in [1.54, 1.807) is 17.4 Å². The summed E-state index contributed by atoms with van der Waals surface area (Å²) in [5.74, 6) is 1.37. The monoisotopic (exact) mass is 508 g/mol. The van der Waals surface area contributed by atoms with Crippen molar-refractivity contribution in [3.8, 4) is 11.4 Å². The van der Waals surface area contributed by atoms with Gasteiger partial charge in [-0.15, -0.1) is 0 Å². The Hall–Kier alpha value is -3.09. The van der Waals surface area contributed by atoms with Crippen LogP contribution in [-0.4, -0.2) is 102 Å². The number of anilines is 1. The molecule has 12 heteroatoms. The average Bonchev–Trinajstić information content (AvgIpc) is 3.56. The molecule has 1 unspecified atom stereocenters. The van der Waals surface area contributed by atoms with E-state index in [0.29, 0.717) is 73.0 Å². The number of H-pyrrole nitrogens is 1. The van der Waals surface area contributed by atoms with Crippen LogP contribution in [0.15, 0.2) is 17.0 Å². The molecule has 5 atom stereocenters. The first-order valence-electron chi connectivity index (χ1n) is 13.3. The Labute approximate surface area is 213 Å². The number of carbonyl (C=O) groups excluding carboxylic acids is 1. The molecule has 0 radical (unpaired) electrons. The molecule has 0 aromatic carbocycles. The molecule has 1 saturated heterocycles. The minimum absolute atomic E-state index is 0.0458. The van der Waals surface area contributed by atoms with Crippen molar-refractivity contribution < 1.29 is 19.5 Å². The zero-order chi connectivity index (χ0) is 25.1. The zero-order valence-corrected chi connectivity index (χ0v) is 20.6. The van der Waals surface area contributed by atoms with Gasteiger partial charge in [0.25, 0.3) is 0 Å². The van der Waals surface area contributed by atoms with Crippen molar-refractivity contribution in [2.45, 2.75) is 43.7 Å². The minimum Gasteiger partial charge on any atom is -0.395 e. The van der Waals surface area contributed by atoms with Crippen molar-refractivity contribution in [2.24, 2.45) is 17.8 Å².